The van der Waals surface area contributed by atoms with Crippen LogP contribution in [0.5, 0.6) is 5.75 Å². The van der Waals surface area contributed by atoms with Gasteiger partial charge in [-0.3, -0.25) is 28.6 Å². The van der Waals surface area contributed by atoms with Gasteiger partial charge in [0.15, 0.2) is 5.69 Å². The molecule has 1 saturated carbocycles. The van der Waals surface area contributed by atoms with E-state index in [1.165, 1.54) is 48.5 Å². The monoisotopic (exact) mass is 546 g/mol. The molecule has 0 saturated heterocycles. The number of hydrogen-bond donors (Lipinski definition) is 3. The smallest absolute Gasteiger partial charge is 0.296 e. The molecule has 1 aromatic heterocycles. The Kier molecular flexibility index (Phi) is 12.2. The number of hydrogen-bond acceptors (Lipinski definition) is 8. The fraction of sp³-hybridized carbons (Fsp3) is 0.519. The molecule has 11 nitrogen and oxygen atoms in total. The lowest BCUT2D eigenvalue weighted by atomic mass is 10.2. The SMILES string of the molecule is CN(C)C(=O)C=O.CNC(C)CN(CCn1c(C)nc(C(=O)NCc2ccc(F)cc2)c(O)c1=O)CC1CC1. The third-order valence-electron chi connectivity index (χ3n) is 6.34. The zero-order chi connectivity index (χ0) is 29.1. The molecule has 1 aromatic carbocycles. The molecule has 1 atom stereocenters. The fourth-order valence-corrected chi connectivity index (χ4v) is 3.69. The molecule has 0 spiro atoms. The zero-order valence-electron chi connectivity index (χ0n) is 23.2. The summed E-state index contributed by atoms with van der Waals surface area (Å²) in [6, 6.07) is 6.02. The number of benzene rings is 1. The molecule has 1 aliphatic carbocycles. The molecule has 3 rings (SSSR count). The number of aromatic nitrogens is 2. The summed E-state index contributed by atoms with van der Waals surface area (Å²) >= 11 is 0. The molecule has 1 heterocycles. The van der Waals surface area contributed by atoms with E-state index in [1.54, 1.807) is 19.1 Å². The molecule has 2 amide bonds. The van der Waals surface area contributed by atoms with Crippen LogP contribution < -0.4 is 16.2 Å². The average Bonchev–Trinajstić information content (AvgIpc) is 3.73. The topological polar surface area (TPSA) is 137 Å². The van der Waals surface area contributed by atoms with Crippen LogP contribution in [-0.2, 0) is 22.7 Å². The quantitative estimate of drug-likeness (QED) is 0.264. The number of halogens is 1. The van der Waals surface area contributed by atoms with Gasteiger partial charge in [0.1, 0.15) is 11.6 Å². The van der Waals surface area contributed by atoms with E-state index in [2.05, 4.69) is 27.4 Å². The van der Waals surface area contributed by atoms with Gasteiger partial charge >= 0.3 is 0 Å². The van der Waals surface area contributed by atoms with E-state index >= 15 is 0 Å². The van der Waals surface area contributed by atoms with Crippen LogP contribution in [0.15, 0.2) is 29.1 Å². The highest BCUT2D eigenvalue weighted by atomic mass is 19.1. The van der Waals surface area contributed by atoms with Crippen LogP contribution in [0, 0.1) is 18.7 Å². The summed E-state index contributed by atoms with van der Waals surface area (Å²) in [5.74, 6) is -1.10. The summed E-state index contributed by atoms with van der Waals surface area (Å²) in [5, 5.41) is 16.2. The highest BCUT2D eigenvalue weighted by Gasteiger charge is 2.25. The molecular weight excluding hydrogens is 507 g/mol. The lowest BCUT2D eigenvalue weighted by Crippen LogP contribution is -2.41. The minimum Gasteiger partial charge on any atom is -0.501 e. The van der Waals surface area contributed by atoms with Gasteiger partial charge in [-0.05, 0) is 57.4 Å². The zero-order valence-corrected chi connectivity index (χ0v) is 23.2. The van der Waals surface area contributed by atoms with E-state index < -0.39 is 23.1 Å². The Bertz CT molecular complexity index is 1180. The maximum Gasteiger partial charge on any atom is 0.296 e. The summed E-state index contributed by atoms with van der Waals surface area (Å²) in [6.07, 6.45) is 2.76. The third kappa shape index (κ3) is 10.2. The van der Waals surface area contributed by atoms with E-state index in [1.807, 2.05) is 7.05 Å². The Morgan fingerprint density at radius 3 is 2.41 bits per heavy atom. The van der Waals surface area contributed by atoms with Gasteiger partial charge in [-0.25, -0.2) is 9.37 Å². The second kappa shape index (κ2) is 15.1. The van der Waals surface area contributed by atoms with Crippen LogP contribution in [0.4, 0.5) is 4.39 Å². The largest absolute Gasteiger partial charge is 0.501 e. The lowest BCUT2D eigenvalue weighted by Gasteiger charge is -2.26. The highest BCUT2D eigenvalue weighted by Crippen LogP contribution is 2.29. The van der Waals surface area contributed by atoms with Gasteiger partial charge in [0, 0.05) is 52.9 Å². The summed E-state index contributed by atoms with van der Waals surface area (Å²) < 4.78 is 14.4. The van der Waals surface area contributed by atoms with Crippen molar-refractivity contribution in [3.63, 3.8) is 0 Å². The summed E-state index contributed by atoms with van der Waals surface area (Å²) in [4.78, 5) is 52.6. The van der Waals surface area contributed by atoms with Gasteiger partial charge in [-0.1, -0.05) is 12.1 Å². The number of rotatable bonds is 12. The van der Waals surface area contributed by atoms with Crippen molar-refractivity contribution in [1.29, 1.82) is 0 Å². The molecule has 39 heavy (non-hydrogen) atoms. The summed E-state index contributed by atoms with van der Waals surface area (Å²) in [5.41, 5.74) is -0.238. The van der Waals surface area contributed by atoms with Crippen molar-refractivity contribution in [1.82, 2.24) is 30.0 Å². The first-order valence-corrected chi connectivity index (χ1v) is 12.9. The Morgan fingerprint density at radius 2 is 1.90 bits per heavy atom. The number of likely N-dealkylation sites (N-methyl/N-ethyl adjacent to an activating group) is 2. The van der Waals surface area contributed by atoms with E-state index in [9.17, 15) is 28.7 Å². The van der Waals surface area contributed by atoms with Gasteiger partial charge in [0.25, 0.3) is 17.4 Å². The van der Waals surface area contributed by atoms with Crippen LogP contribution in [0.1, 0.15) is 41.6 Å². The maximum absolute atomic E-state index is 13.0. The lowest BCUT2D eigenvalue weighted by molar-refractivity contribution is -0.136. The van der Waals surface area contributed by atoms with Gasteiger partial charge in [0.05, 0.1) is 0 Å². The van der Waals surface area contributed by atoms with Crippen LogP contribution >= 0.6 is 0 Å². The van der Waals surface area contributed by atoms with Crippen molar-refractivity contribution < 1.29 is 23.9 Å². The molecule has 1 aliphatic rings. The van der Waals surface area contributed by atoms with Crippen molar-refractivity contribution in [3.8, 4) is 5.75 Å². The first-order valence-electron chi connectivity index (χ1n) is 12.9. The van der Waals surface area contributed by atoms with Crippen molar-refractivity contribution in [2.45, 2.75) is 45.8 Å². The Labute approximate surface area is 228 Å². The number of nitrogens with one attached hydrogen (secondary N) is 2. The molecule has 1 fully saturated rings. The first kappa shape index (κ1) is 31.6. The predicted molar refractivity (Wildman–Crippen MR) is 145 cm³/mol. The molecule has 0 bridgehead atoms. The van der Waals surface area contributed by atoms with Crippen LogP contribution in [-0.4, -0.2) is 89.4 Å². The van der Waals surface area contributed by atoms with Crippen molar-refractivity contribution >= 4 is 18.1 Å². The van der Waals surface area contributed by atoms with E-state index in [0.29, 0.717) is 30.5 Å². The Morgan fingerprint density at radius 1 is 1.26 bits per heavy atom. The van der Waals surface area contributed by atoms with Crippen LogP contribution in [0.2, 0.25) is 0 Å². The second-order valence-electron chi connectivity index (χ2n) is 9.87. The molecule has 1 unspecified atom stereocenters. The molecule has 3 N–H and O–H groups in total. The average molecular weight is 547 g/mol. The maximum atomic E-state index is 13.0. The number of aryl methyl sites for hydroxylation is 1. The van der Waals surface area contributed by atoms with Crippen molar-refractivity contribution in [2.75, 3.05) is 40.8 Å². The van der Waals surface area contributed by atoms with Crippen LogP contribution in [0.3, 0.4) is 0 Å². The number of aromatic hydroxyl groups is 1. The highest BCUT2D eigenvalue weighted by molar-refractivity contribution is 6.23. The minimum atomic E-state index is -0.662. The fourth-order valence-electron chi connectivity index (χ4n) is 3.69. The van der Waals surface area contributed by atoms with Crippen molar-refractivity contribution in [2.24, 2.45) is 5.92 Å². The minimum absolute atomic E-state index is 0.127. The van der Waals surface area contributed by atoms with Gasteiger partial charge < -0.3 is 20.6 Å². The number of carbonyl (C=O) groups is 3. The van der Waals surface area contributed by atoms with Gasteiger partial charge in [0.2, 0.25) is 12.0 Å². The molecular formula is C27H39FN6O5. The van der Waals surface area contributed by atoms with Gasteiger partial charge in [-0.2, -0.15) is 0 Å². The number of nitrogens with zero attached hydrogens (tertiary/aromatic N) is 4. The molecule has 2 aromatic rings. The standard InChI is InChI=1S/C23H32FN5O3.C4H7NO2/c1-15(25-3)13-28(14-18-4-5-18)10-11-29-16(2)27-20(21(30)23(29)32)22(31)26-12-17-6-8-19(24)9-7-17;1-5(2)4(7)3-6/h6-9,15,18,25,30H,4-5,10-14H2,1-3H3,(H,26,31);3H,1-2H3. The number of carbonyl (C=O) groups excluding carboxylic acids is 3. The predicted octanol–water partition coefficient (Wildman–Crippen LogP) is 0.920. The normalized spacial score (nSPS) is 13.3. The van der Waals surface area contributed by atoms with E-state index in [0.717, 1.165) is 19.0 Å². The first-order chi connectivity index (χ1) is 18.5. The van der Waals surface area contributed by atoms with Crippen molar-refractivity contribution in [3.05, 3.63) is 57.5 Å². The molecule has 0 radical (unpaired) electrons. The Hall–Kier alpha value is -3.64. The Balaban J connectivity index is 0.000000673. The number of aldehydes is 1. The third-order valence-corrected chi connectivity index (χ3v) is 6.34. The summed E-state index contributed by atoms with van der Waals surface area (Å²) in [6.45, 7) is 6.78. The second-order valence-corrected chi connectivity index (χ2v) is 9.87. The molecule has 0 aliphatic heterocycles. The van der Waals surface area contributed by atoms with Crippen LogP contribution in [0.25, 0.3) is 0 Å². The van der Waals surface area contributed by atoms with E-state index in [4.69, 9.17) is 0 Å². The van der Waals surface area contributed by atoms with E-state index in [-0.39, 0.29) is 24.3 Å². The number of amides is 2. The van der Waals surface area contributed by atoms with Gasteiger partial charge in [-0.15, -0.1) is 0 Å². The molecule has 12 heteroatoms. The molecule has 214 valence electrons. The summed E-state index contributed by atoms with van der Waals surface area (Å²) in [7, 11) is 4.98.